The molecule has 1 aliphatic carbocycles. The summed E-state index contributed by atoms with van der Waals surface area (Å²) in [5, 5.41) is 0. The third-order valence-corrected chi connectivity index (χ3v) is 5.04. The van der Waals surface area contributed by atoms with Gasteiger partial charge in [0.15, 0.2) is 0 Å². The third-order valence-electron chi connectivity index (χ3n) is 5.04. The molecule has 0 bridgehead atoms. The smallest absolute Gasteiger partial charge is 0.118 e. The van der Waals surface area contributed by atoms with Crippen LogP contribution in [-0.2, 0) is 6.54 Å². The number of hydrogen-bond acceptors (Lipinski definition) is 3. The number of hydrogen-bond donors (Lipinski definition) is 1. The molecule has 1 aromatic heterocycles. The van der Waals surface area contributed by atoms with Gasteiger partial charge in [-0.3, -0.25) is 4.90 Å². The maximum Gasteiger partial charge on any atom is 0.118 e. The minimum atomic E-state index is 0.645. The van der Waals surface area contributed by atoms with Gasteiger partial charge >= 0.3 is 0 Å². The Morgan fingerprint density at radius 1 is 1.32 bits per heavy atom. The Balaban J connectivity index is 1.57. The van der Waals surface area contributed by atoms with Crippen molar-refractivity contribution in [2.75, 3.05) is 19.6 Å². The van der Waals surface area contributed by atoms with Crippen LogP contribution in [-0.4, -0.2) is 24.5 Å². The molecule has 3 rings (SSSR count). The van der Waals surface area contributed by atoms with E-state index in [0.29, 0.717) is 11.8 Å². The number of furan rings is 1. The first kappa shape index (κ1) is 13.2. The zero-order chi connectivity index (χ0) is 13.4. The molecule has 2 fully saturated rings. The number of nitrogens with two attached hydrogens (primary N) is 1. The first-order chi connectivity index (χ1) is 9.17. The molecule has 1 saturated carbocycles. The highest BCUT2D eigenvalue weighted by Crippen LogP contribution is 2.47. The summed E-state index contributed by atoms with van der Waals surface area (Å²) in [6, 6.07) is 4.34. The summed E-state index contributed by atoms with van der Waals surface area (Å²) in [4.78, 5) is 2.50. The maximum atomic E-state index is 6.00. The predicted octanol–water partition coefficient (Wildman–Crippen LogP) is 2.82. The van der Waals surface area contributed by atoms with Gasteiger partial charge in [0.05, 0.1) is 6.54 Å². The highest BCUT2D eigenvalue weighted by atomic mass is 16.3. The van der Waals surface area contributed by atoms with Gasteiger partial charge in [-0.1, -0.05) is 13.8 Å². The molecule has 0 radical (unpaired) electrons. The van der Waals surface area contributed by atoms with Crippen LogP contribution in [0.25, 0.3) is 0 Å². The Labute approximate surface area is 116 Å². The molecule has 1 saturated heterocycles. The molecular weight excluding hydrogens is 236 g/mol. The standard InChI is InChI=1S/C16H26N2O/c1-11-5-6-18(9-13(11)8-17)10-14-3-4-16(19-14)15-7-12(15)2/h3-4,11-13,15H,5-10,17H2,1-2H3. The Kier molecular flexibility index (Phi) is 3.68. The number of nitrogens with zero attached hydrogens (tertiary/aromatic N) is 1. The second kappa shape index (κ2) is 5.29. The largest absolute Gasteiger partial charge is 0.464 e. The van der Waals surface area contributed by atoms with Crippen LogP contribution < -0.4 is 5.73 Å². The molecule has 0 aromatic carbocycles. The molecule has 19 heavy (non-hydrogen) atoms. The minimum Gasteiger partial charge on any atom is -0.464 e. The Hall–Kier alpha value is -0.800. The van der Waals surface area contributed by atoms with Crippen molar-refractivity contribution in [3.8, 4) is 0 Å². The van der Waals surface area contributed by atoms with Crippen LogP contribution in [0.4, 0.5) is 0 Å². The van der Waals surface area contributed by atoms with E-state index >= 15 is 0 Å². The zero-order valence-electron chi connectivity index (χ0n) is 12.1. The molecular formula is C16H26N2O. The van der Waals surface area contributed by atoms with Crippen molar-refractivity contribution in [1.82, 2.24) is 4.90 Å². The SMILES string of the molecule is CC1CCN(Cc2ccc(C3CC3C)o2)CC1CN. The fourth-order valence-corrected chi connectivity index (χ4v) is 3.29. The molecule has 4 unspecified atom stereocenters. The van der Waals surface area contributed by atoms with Gasteiger partial charge in [-0.15, -0.1) is 0 Å². The van der Waals surface area contributed by atoms with E-state index in [9.17, 15) is 0 Å². The van der Waals surface area contributed by atoms with E-state index in [-0.39, 0.29) is 0 Å². The van der Waals surface area contributed by atoms with E-state index in [4.69, 9.17) is 10.2 Å². The first-order valence-electron chi connectivity index (χ1n) is 7.68. The van der Waals surface area contributed by atoms with E-state index in [2.05, 4.69) is 30.9 Å². The van der Waals surface area contributed by atoms with Crippen molar-refractivity contribution in [1.29, 1.82) is 0 Å². The fraction of sp³-hybridized carbons (Fsp3) is 0.750. The van der Waals surface area contributed by atoms with Crippen LogP contribution in [0.5, 0.6) is 0 Å². The topological polar surface area (TPSA) is 42.4 Å². The summed E-state index contributed by atoms with van der Waals surface area (Å²) in [7, 11) is 0. The van der Waals surface area contributed by atoms with Crippen LogP contribution in [0.15, 0.2) is 16.5 Å². The van der Waals surface area contributed by atoms with Gasteiger partial charge in [-0.2, -0.15) is 0 Å². The number of likely N-dealkylation sites (tertiary alicyclic amines) is 1. The molecule has 2 N–H and O–H groups in total. The molecule has 0 spiro atoms. The van der Waals surface area contributed by atoms with Gasteiger partial charge in [0.25, 0.3) is 0 Å². The third kappa shape index (κ3) is 2.87. The molecule has 106 valence electrons. The quantitative estimate of drug-likeness (QED) is 0.907. The number of piperidine rings is 1. The van der Waals surface area contributed by atoms with E-state index in [1.807, 2.05) is 0 Å². The molecule has 2 heterocycles. The van der Waals surface area contributed by atoms with Crippen molar-refractivity contribution in [2.24, 2.45) is 23.5 Å². The highest BCUT2D eigenvalue weighted by Gasteiger charge is 2.36. The van der Waals surface area contributed by atoms with E-state index in [1.54, 1.807) is 0 Å². The fourth-order valence-electron chi connectivity index (χ4n) is 3.29. The maximum absolute atomic E-state index is 6.00. The Morgan fingerprint density at radius 2 is 2.11 bits per heavy atom. The first-order valence-corrected chi connectivity index (χ1v) is 7.68. The van der Waals surface area contributed by atoms with Crippen molar-refractivity contribution >= 4 is 0 Å². The molecule has 3 heteroatoms. The van der Waals surface area contributed by atoms with Crippen LogP contribution >= 0.6 is 0 Å². The van der Waals surface area contributed by atoms with Crippen LogP contribution in [0.3, 0.4) is 0 Å². The summed E-state index contributed by atoms with van der Waals surface area (Å²) >= 11 is 0. The van der Waals surface area contributed by atoms with Crippen molar-refractivity contribution in [3.05, 3.63) is 23.7 Å². The lowest BCUT2D eigenvalue weighted by Crippen LogP contribution is -2.42. The molecule has 1 aromatic rings. The monoisotopic (exact) mass is 262 g/mol. The van der Waals surface area contributed by atoms with Crippen LogP contribution in [0.1, 0.15) is 44.1 Å². The van der Waals surface area contributed by atoms with Gasteiger partial charge in [-0.05, 0) is 55.8 Å². The minimum absolute atomic E-state index is 0.645. The van der Waals surface area contributed by atoms with E-state index in [0.717, 1.165) is 37.2 Å². The molecule has 1 aliphatic heterocycles. The van der Waals surface area contributed by atoms with Crippen molar-refractivity contribution in [2.45, 2.75) is 39.2 Å². The van der Waals surface area contributed by atoms with Crippen LogP contribution in [0, 0.1) is 17.8 Å². The van der Waals surface area contributed by atoms with E-state index < -0.39 is 0 Å². The summed E-state index contributed by atoms with van der Waals surface area (Å²) in [5.41, 5.74) is 5.87. The molecule has 2 aliphatic rings. The highest BCUT2D eigenvalue weighted by molar-refractivity contribution is 5.17. The van der Waals surface area contributed by atoms with Crippen LogP contribution in [0.2, 0.25) is 0 Å². The predicted molar refractivity (Wildman–Crippen MR) is 76.8 cm³/mol. The zero-order valence-corrected chi connectivity index (χ0v) is 12.1. The summed E-state index contributed by atoms with van der Waals surface area (Å²) in [5.74, 6) is 5.23. The molecule has 0 amide bonds. The average Bonchev–Trinajstić information content (AvgIpc) is 2.96. The molecule has 4 atom stereocenters. The van der Waals surface area contributed by atoms with Gasteiger partial charge in [0, 0.05) is 12.5 Å². The normalized spacial score (nSPS) is 35.5. The second-order valence-corrected chi connectivity index (χ2v) is 6.62. The second-order valence-electron chi connectivity index (χ2n) is 6.62. The van der Waals surface area contributed by atoms with Gasteiger partial charge < -0.3 is 10.2 Å². The summed E-state index contributed by atoms with van der Waals surface area (Å²) < 4.78 is 6.00. The average molecular weight is 262 g/mol. The van der Waals surface area contributed by atoms with E-state index in [1.165, 1.54) is 25.1 Å². The summed E-state index contributed by atoms with van der Waals surface area (Å²) in [6.07, 6.45) is 2.55. The summed E-state index contributed by atoms with van der Waals surface area (Å²) in [6.45, 7) is 8.67. The molecule has 3 nitrogen and oxygen atoms in total. The lowest BCUT2D eigenvalue weighted by Gasteiger charge is -2.36. The van der Waals surface area contributed by atoms with Gasteiger partial charge in [-0.25, -0.2) is 0 Å². The van der Waals surface area contributed by atoms with Gasteiger partial charge in [0.2, 0.25) is 0 Å². The van der Waals surface area contributed by atoms with Crippen molar-refractivity contribution < 1.29 is 4.42 Å². The Morgan fingerprint density at radius 3 is 2.79 bits per heavy atom. The number of rotatable bonds is 4. The van der Waals surface area contributed by atoms with Crippen molar-refractivity contribution in [3.63, 3.8) is 0 Å². The Bertz CT molecular complexity index is 428. The lowest BCUT2D eigenvalue weighted by atomic mass is 9.87. The van der Waals surface area contributed by atoms with Gasteiger partial charge in [0.1, 0.15) is 11.5 Å². The lowest BCUT2D eigenvalue weighted by molar-refractivity contribution is 0.118.